The van der Waals surface area contributed by atoms with Crippen LogP contribution in [0.15, 0.2) is 18.5 Å². The van der Waals surface area contributed by atoms with Gasteiger partial charge in [-0.25, -0.2) is 0 Å². The van der Waals surface area contributed by atoms with Gasteiger partial charge in [0, 0.05) is 31.2 Å². The second-order valence-electron chi connectivity index (χ2n) is 4.43. The number of anilines is 1. The summed E-state index contributed by atoms with van der Waals surface area (Å²) < 4.78 is 5.59. The number of nitrogens with two attached hydrogens (primary N) is 1. The number of carbonyl (C=O) groups is 1. The molecule has 1 aliphatic rings. The van der Waals surface area contributed by atoms with Crippen LogP contribution < -0.4 is 5.73 Å². The summed E-state index contributed by atoms with van der Waals surface area (Å²) in [5.41, 5.74) is 6.71. The van der Waals surface area contributed by atoms with E-state index in [4.69, 9.17) is 10.5 Å². The lowest BCUT2D eigenvalue weighted by atomic mass is 10.1. The molecular weight excluding hydrogens is 218 g/mol. The van der Waals surface area contributed by atoms with E-state index in [1.54, 1.807) is 17.2 Å². The summed E-state index contributed by atoms with van der Waals surface area (Å²) in [7, 11) is 0. The maximum Gasteiger partial charge on any atom is 0.257 e. The molecule has 2 unspecified atom stereocenters. The SMILES string of the molecule is CC1CN(C(=O)c2cnccc2N)CC(C)O1. The number of hydrogen-bond donors (Lipinski definition) is 1. The number of morpholine rings is 1. The Balaban J connectivity index is 2.17. The molecule has 1 saturated heterocycles. The summed E-state index contributed by atoms with van der Waals surface area (Å²) in [6.07, 6.45) is 3.21. The number of nitrogen functional groups attached to an aromatic ring is 1. The number of hydrogen-bond acceptors (Lipinski definition) is 4. The molecule has 17 heavy (non-hydrogen) atoms. The predicted octanol–water partition coefficient (Wildman–Crippen LogP) is 0.913. The molecule has 1 fully saturated rings. The molecule has 2 heterocycles. The summed E-state index contributed by atoms with van der Waals surface area (Å²) in [4.78, 5) is 18.0. The van der Waals surface area contributed by atoms with Crippen molar-refractivity contribution in [3.63, 3.8) is 0 Å². The zero-order valence-electron chi connectivity index (χ0n) is 10.1. The van der Waals surface area contributed by atoms with Crippen LogP contribution in [0.5, 0.6) is 0 Å². The topological polar surface area (TPSA) is 68.5 Å². The number of rotatable bonds is 1. The van der Waals surface area contributed by atoms with Crippen LogP contribution in [0.1, 0.15) is 24.2 Å². The quantitative estimate of drug-likeness (QED) is 0.785. The van der Waals surface area contributed by atoms with Gasteiger partial charge in [0.1, 0.15) is 0 Å². The average molecular weight is 235 g/mol. The van der Waals surface area contributed by atoms with Crippen LogP contribution in [0.25, 0.3) is 0 Å². The Bertz CT molecular complexity index is 412. The minimum atomic E-state index is -0.0717. The lowest BCUT2D eigenvalue weighted by molar-refractivity contribution is -0.0586. The lowest BCUT2D eigenvalue weighted by Crippen LogP contribution is -2.48. The molecule has 1 aromatic heterocycles. The maximum atomic E-state index is 12.3. The third kappa shape index (κ3) is 2.55. The van der Waals surface area contributed by atoms with Crippen LogP contribution in [-0.2, 0) is 4.74 Å². The van der Waals surface area contributed by atoms with E-state index < -0.39 is 0 Å². The van der Waals surface area contributed by atoms with Gasteiger partial charge in [0.05, 0.1) is 17.8 Å². The molecule has 1 aromatic rings. The van der Waals surface area contributed by atoms with Crippen LogP contribution in [0, 0.1) is 0 Å². The highest BCUT2D eigenvalue weighted by molar-refractivity contribution is 5.98. The van der Waals surface area contributed by atoms with Gasteiger partial charge in [-0.15, -0.1) is 0 Å². The summed E-state index contributed by atoms with van der Waals surface area (Å²) in [6, 6.07) is 1.64. The van der Waals surface area contributed by atoms with Crippen molar-refractivity contribution in [1.29, 1.82) is 0 Å². The van der Waals surface area contributed by atoms with E-state index in [2.05, 4.69) is 4.98 Å². The maximum absolute atomic E-state index is 12.3. The number of carbonyl (C=O) groups excluding carboxylic acids is 1. The molecule has 92 valence electrons. The van der Waals surface area contributed by atoms with Crippen LogP contribution in [0.4, 0.5) is 5.69 Å². The largest absolute Gasteiger partial charge is 0.398 e. The van der Waals surface area contributed by atoms with Crippen molar-refractivity contribution in [1.82, 2.24) is 9.88 Å². The number of ether oxygens (including phenoxy) is 1. The Morgan fingerprint density at radius 3 is 2.71 bits per heavy atom. The lowest BCUT2D eigenvalue weighted by Gasteiger charge is -2.35. The first-order chi connectivity index (χ1) is 8.08. The first-order valence-corrected chi connectivity index (χ1v) is 5.72. The first-order valence-electron chi connectivity index (χ1n) is 5.72. The third-order valence-corrected chi connectivity index (χ3v) is 2.79. The summed E-state index contributed by atoms with van der Waals surface area (Å²) in [5.74, 6) is -0.0717. The van der Waals surface area contributed by atoms with Gasteiger partial charge in [-0.3, -0.25) is 9.78 Å². The van der Waals surface area contributed by atoms with Gasteiger partial charge in [0.25, 0.3) is 5.91 Å². The normalized spacial score (nSPS) is 24.7. The van der Waals surface area contributed by atoms with E-state index >= 15 is 0 Å². The number of nitrogens with zero attached hydrogens (tertiary/aromatic N) is 2. The second-order valence-corrected chi connectivity index (χ2v) is 4.43. The van der Waals surface area contributed by atoms with Crippen LogP contribution in [0.3, 0.4) is 0 Å². The van der Waals surface area contributed by atoms with Crippen LogP contribution in [-0.4, -0.2) is 41.1 Å². The van der Waals surface area contributed by atoms with Crippen molar-refractivity contribution >= 4 is 11.6 Å². The monoisotopic (exact) mass is 235 g/mol. The minimum absolute atomic E-state index is 0.0561. The minimum Gasteiger partial charge on any atom is -0.398 e. The van der Waals surface area contributed by atoms with Crippen molar-refractivity contribution in [2.24, 2.45) is 0 Å². The molecule has 5 heteroatoms. The van der Waals surface area contributed by atoms with E-state index in [-0.39, 0.29) is 18.1 Å². The van der Waals surface area contributed by atoms with Gasteiger partial charge in [0.15, 0.2) is 0 Å². The molecular formula is C12H17N3O2. The molecule has 0 aromatic carbocycles. The second kappa shape index (κ2) is 4.71. The zero-order valence-corrected chi connectivity index (χ0v) is 10.1. The number of pyridine rings is 1. The molecule has 2 N–H and O–H groups in total. The number of amides is 1. The first kappa shape index (κ1) is 11.9. The van der Waals surface area contributed by atoms with E-state index in [0.29, 0.717) is 24.3 Å². The molecule has 0 bridgehead atoms. The zero-order chi connectivity index (χ0) is 12.4. The predicted molar refractivity (Wildman–Crippen MR) is 64.6 cm³/mol. The van der Waals surface area contributed by atoms with Crippen molar-refractivity contribution in [3.05, 3.63) is 24.0 Å². The molecule has 2 atom stereocenters. The van der Waals surface area contributed by atoms with Gasteiger partial charge < -0.3 is 15.4 Å². The molecule has 0 aliphatic carbocycles. The van der Waals surface area contributed by atoms with Gasteiger partial charge in [0.2, 0.25) is 0 Å². The Morgan fingerprint density at radius 2 is 2.12 bits per heavy atom. The highest BCUT2D eigenvalue weighted by Crippen LogP contribution is 2.17. The van der Waals surface area contributed by atoms with Crippen molar-refractivity contribution < 1.29 is 9.53 Å². The van der Waals surface area contributed by atoms with Crippen molar-refractivity contribution in [2.45, 2.75) is 26.1 Å². The molecule has 2 rings (SSSR count). The van der Waals surface area contributed by atoms with Gasteiger partial charge >= 0.3 is 0 Å². The molecule has 1 aliphatic heterocycles. The molecule has 0 radical (unpaired) electrons. The van der Waals surface area contributed by atoms with E-state index in [1.807, 2.05) is 13.8 Å². The van der Waals surface area contributed by atoms with Crippen molar-refractivity contribution in [3.8, 4) is 0 Å². The summed E-state index contributed by atoms with van der Waals surface area (Å²) >= 11 is 0. The van der Waals surface area contributed by atoms with E-state index in [9.17, 15) is 4.79 Å². The Kier molecular flexibility index (Phi) is 3.28. The highest BCUT2D eigenvalue weighted by Gasteiger charge is 2.27. The van der Waals surface area contributed by atoms with Crippen molar-refractivity contribution in [2.75, 3.05) is 18.8 Å². The highest BCUT2D eigenvalue weighted by atomic mass is 16.5. The fraction of sp³-hybridized carbons (Fsp3) is 0.500. The molecule has 0 spiro atoms. The third-order valence-electron chi connectivity index (χ3n) is 2.79. The fourth-order valence-corrected chi connectivity index (χ4v) is 2.10. The summed E-state index contributed by atoms with van der Waals surface area (Å²) in [5, 5.41) is 0. The summed E-state index contributed by atoms with van der Waals surface area (Å²) in [6.45, 7) is 5.11. The Hall–Kier alpha value is -1.62. The molecule has 1 amide bonds. The fourth-order valence-electron chi connectivity index (χ4n) is 2.10. The van der Waals surface area contributed by atoms with Gasteiger partial charge in [-0.2, -0.15) is 0 Å². The van der Waals surface area contributed by atoms with E-state index in [1.165, 1.54) is 6.20 Å². The smallest absolute Gasteiger partial charge is 0.257 e. The molecule has 5 nitrogen and oxygen atoms in total. The molecule has 0 saturated carbocycles. The number of aromatic nitrogens is 1. The average Bonchev–Trinajstić information content (AvgIpc) is 2.27. The van der Waals surface area contributed by atoms with Gasteiger partial charge in [-0.05, 0) is 19.9 Å². The van der Waals surface area contributed by atoms with Crippen LogP contribution in [0.2, 0.25) is 0 Å². The van der Waals surface area contributed by atoms with Gasteiger partial charge in [-0.1, -0.05) is 0 Å². The Labute approximate surface area is 101 Å². The van der Waals surface area contributed by atoms with Crippen LogP contribution >= 0.6 is 0 Å². The van der Waals surface area contributed by atoms with E-state index in [0.717, 1.165) is 0 Å². The Morgan fingerprint density at radius 1 is 1.47 bits per heavy atom. The standard InChI is InChI=1S/C12H17N3O2/c1-8-6-15(7-9(2)17-8)12(16)10-5-14-4-3-11(10)13/h3-5,8-9H,6-7H2,1-2H3,(H2,13,14).